The summed E-state index contributed by atoms with van der Waals surface area (Å²) in [6.45, 7) is 5.13. The highest BCUT2D eigenvalue weighted by Gasteiger charge is 2.11. The summed E-state index contributed by atoms with van der Waals surface area (Å²) in [5.74, 6) is 0.803. The molecule has 0 spiro atoms. The van der Waals surface area contributed by atoms with Crippen molar-refractivity contribution in [2.75, 3.05) is 13.2 Å². The van der Waals surface area contributed by atoms with Gasteiger partial charge in [-0.1, -0.05) is 24.3 Å². The number of hydrogen-bond donors (Lipinski definition) is 1. The van der Waals surface area contributed by atoms with Crippen LogP contribution in [0.3, 0.4) is 0 Å². The molecule has 0 fully saturated rings. The number of ether oxygens (including phenoxy) is 1. The zero-order valence-corrected chi connectivity index (χ0v) is 12.6. The number of halogens is 1. The summed E-state index contributed by atoms with van der Waals surface area (Å²) in [7, 11) is 0. The molecule has 2 N–H and O–H groups in total. The lowest BCUT2D eigenvalue weighted by Crippen LogP contribution is -2.16. The fourth-order valence-electron chi connectivity index (χ4n) is 2.36. The van der Waals surface area contributed by atoms with E-state index in [4.69, 9.17) is 10.5 Å². The smallest absolute Gasteiger partial charge is 0.123 e. The van der Waals surface area contributed by atoms with E-state index in [2.05, 4.69) is 12.1 Å². The molecule has 0 aliphatic heterocycles. The highest BCUT2D eigenvalue weighted by Crippen LogP contribution is 2.22. The predicted octanol–water partition coefficient (Wildman–Crippen LogP) is 3.95. The Bertz CT molecular complexity index is 598. The Hall–Kier alpha value is -1.87. The van der Waals surface area contributed by atoms with E-state index in [9.17, 15) is 4.39 Å². The van der Waals surface area contributed by atoms with Crippen molar-refractivity contribution >= 4 is 0 Å². The first kappa shape index (κ1) is 15.5. The van der Waals surface area contributed by atoms with Crippen LogP contribution in [0, 0.1) is 19.7 Å². The largest absolute Gasteiger partial charge is 0.493 e. The topological polar surface area (TPSA) is 35.2 Å². The molecule has 112 valence electrons. The number of hydrogen-bond acceptors (Lipinski definition) is 2. The molecule has 0 bridgehead atoms. The van der Waals surface area contributed by atoms with Gasteiger partial charge in [0, 0.05) is 0 Å². The Morgan fingerprint density at radius 1 is 1.14 bits per heavy atom. The van der Waals surface area contributed by atoms with Crippen LogP contribution in [0.5, 0.6) is 5.75 Å². The average Bonchev–Trinajstić information content (AvgIpc) is 2.47. The monoisotopic (exact) mass is 287 g/mol. The third-order valence-corrected chi connectivity index (χ3v) is 3.67. The van der Waals surface area contributed by atoms with E-state index >= 15 is 0 Å². The molecule has 0 radical (unpaired) electrons. The summed E-state index contributed by atoms with van der Waals surface area (Å²) in [4.78, 5) is 0. The molecule has 0 aliphatic rings. The molecule has 21 heavy (non-hydrogen) atoms. The quantitative estimate of drug-likeness (QED) is 0.873. The first-order valence-electron chi connectivity index (χ1n) is 7.25. The van der Waals surface area contributed by atoms with Crippen LogP contribution in [0.2, 0.25) is 0 Å². The molecule has 1 atom stereocenters. The second-order valence-electron chi connectivity index (χ2n) is 5.39. The molecule has 2 rings (SSSR count). The van der Waals surface area contributed by atoms with Crippen LogP contribution in [0.15, 0.2) is 42.5 Å². The van der Waals surface area contributed by atoms with Crippen molar-refractivity contribution in [2.24, 2.45) is 5.73 Å². The number of aryl methyl sites for hydroxylation is 2. The molecular formula is C18H22FNO. The van der Waals surface area contributed by atoms with Crippen LogP contribution in [0.1, 0.15) is 29.0 Å². The second kappa shape index (κ2) is 7.23. The van der Waals surface area contributed by atoms with Gasteiger partial charge in [0.2, 0.25) is 0 Å². The van der Waals surface area contributed by atoms with Crippen molar-refractivity contribution in [1.82, 2.24) is 0 Å². The molecular weight excluding hydrogens is 265 g/mol. The zero-order chi connectivity index (χ0) is 15.2. The van der Waals surface area contributed by atoms with Crippen molar-refractivity contribution in [1.29, 1.82) is 0 Å². The van der Waals surface area contributed by atoms with E-state index in [1.807, 2.05) is 26.0 Å². The standard InChI is InChI=1S/C18H22FNO/c1-13-6-7-14(2)18(10-13)21-9-8-16(12-20)15-4-3-5-17(19)11-15/h3-7,10-11,16H,8-9,12,20H2,1-2H3. The molecule has 2 aromatic carbocycles. The minimum Gasteiger partial charge on any atom is -0.493 e. The molecule has 2 nitrogen and oxygen atoms in total. The molecule has 0 saturated heterocycles. The summed E-state index contributed by atoms with van der Waals surface area (Å²) in [5, 5.41) is 0. The molecule has 0 heterocycles. The van der Waals surface area contributed by atoms with E-state index in [0.717, 1.165) is 23.3 Å². The van der Waals surface area contributed by atoms with Gasteiger partial charge in [-0.2, -0.15) is 0 Å². The Balaban J connectivity index is 1.96. The first-order chi connectivity index (χ1) is 10.1. The van der Waals surface area contributed by atoms with Gasteiger partial charge in [0.25, 0.3) is 0 Å². The fourth-order valence-corrected chi connectivity index (χ4v) is 2.36. The third-order valence-electron chi connectivity index (χ3n) is 3.67. The van der Waals surface area contributed by atoms with Gasteiger partial charge >= 0.3 is 0 Å². The van der Waals surface area contributed by atoms with Gasteiger partial charge in [0.15, 0.2) is 0 Å². The molecule has 0 aliphatic carbocycles. The van der Waals surface area contributed by atoms with Crippen LogP contribution >= 0.6 is 0 Å². The van der Waals surface area contributed by atoms with Gasteiger partial charge < -0.3 is 10.5 Å². The molecule has 0 saturated carbocycles. The van der Waals surface area contributed by atoms with Gasteiger partial charge in [-0.05, 0) is 67.6 Å². The summed E-state index contributed by atoms with van der Waals surface area (Å²) in [5.41, 5.74) is 9.04. The van der Waals surface area contributed by atoms with Crippen LogP contribution in [0.25, 0.3) is 0 Å². The van der Waals surface area contributed by atoms with Gasteiger partial charge in [0.05, 0.1) is 6.61 Å². The number of nitrogens with two attached hydrogens (primary N) is 1. The SMILES string of the molecule is Cc1ccc(C)c(OCCC(CN)c2cccc(F)c2)c1. The van der Waals surface area contributed by atoms with Crippen LogP contribution in [-0.4, -0.2) is 13.2 Å². The fraction of sp³-hybridized carbons (Fsp3) is 0.333. The van der Waals surface area contributed by atoms with Gasteiger partial charge in [-0.25, -0.2) is 4.39 Å². The van der Waals surface area contributed by atoms with Crippen LogP contribution < -0.4 is 10.5 Å². The summed E-state index contributed by atoms with van der Waals surface area (Å²) >= 11 is 0. The van der Waals surface area contributed by atoms with Gasteiger partial charge in [-0.15, -0.1) is 0 Å². The lowest BCUT2D eigenvalue weighted by molar-refractivity contribution is 0.296. The maximum absolute atomic E-state index is 13.3. The number of rotatable bonds is 6. The van der Waals surface area contributed by atoms with E-state index in [-0.39, 0.29) is 11.7 Å². The van der Waals surface area contributed by atoms with E-state index in [1.165, 1.54) is 11.6 Å². The van der Waals surface area contributed by atoms with Crippen molar-refractivity contribution in [2.45, 2.75) is 26.2 Å². The maximum Gasteiger partial charge on any atom is 0.123 e. The van der Waals surface area contributed by atoms with Crippen LogP contribution in [-0.2, 0) is 0 Å². The molecule has 0 aromatic heterocycles. The van der Waals surface area contributed by atoms with E-state index < -0.39 is 0 Å². The molecule has 3 heteroatoms. The molecule has 2 aromatic rings. The molecule has 1 unspecified atom stereocenters. The highest BCUT2D eigenvalue weighted by atomic mass is 19.1. The predicted molar refractivity (Wildman–Crippen MR) is 84.2 cm³/mol. The maximum atomic E-state index is 13.3. The average molecular weight is 287 g/mol. The first-order valence-corrected chi connectivity index (χ1v) is 7.25. The van der Waals surface area contributed by atoms with Gasteiger partial charge in [0.1, 0.15) is 11.6 Å². The molecule has 0 amide bonds. The van der Waals surface area contributed by atoms with Crippen LogP contribution in [0.4, 0.5) is 4.39 Å². The number of benzene rings is 2. The summed E-state index contributed by atoms with van der Waals surface area (Å²) < 4.78 is 19.1. The normalized spacial score (nSPS) is 12.2. The Kier molecular flexibility index (Phi) is 5.34. The Morgan fingerprint density at radius 2 is 1.95 bits per heavy atom. The van der Waals surface area contributed by atoms with Crippen molar-refractivity contribution in [3.8, 4) is 5.75 Å². The summed E-state index contributed by atoms with van der Waals surface area (Å²) in [6.07, 6.45) is 0.771. The zero-order valence-electron chi connectivity index (χ0n) is 12.6. The third kappa shape index (κ3) is 4.30. The second-order valence-corrected chi connectivity index (χ2v) is 5.39. The van der Waals surface area contributed by atoms with E-state index in [1.54, 1.807) is 12.1 Å². The highest BCUT2D eigenvalue weighted by molar-refractivity contribution is 5.36. The Morgan fingerprint density at radius 3 is 2.67 bits per heavy atom. The van der Waals surface area contributed by atoms with Gasteiger partial charge in [-0.3, -0.25) is 0 Å². The minimum atomic E-state index is -0.221. The minimum absolute atomic E-state index is 0.116. The van der Waals surface area contributed by atoms with Crippen molar-refractivity contribution < 1.29 is 9.13 Å². The lowest BCUT2D eigenvalue weighted by Gasteiger charge is -2.16. The van der Waals surface area contributed by atoms with Crippen molar-refractivity contribution in [3.05, 3.63) is 65.0 Å². The lowest BCUT2D eigenvalue weighted by atomic mass is 9.96. The van der Waals surface area contributed by atoms with Crippen molar-refractivity contribution in [3.63, 3.8) is 0 Å². The van der Waals surface area contributed by atoms with E-state index in [0.29, 0.717) is 13.2 Å². The Labute approximate surface area is 125 Å². The summed E-state index contributed by atoms with van der Waals surface area (Å²) in [6, 6.07) is 12.8.